The van der Waals surface area contributed by atoms with Gasteiger partial charge in [-0.15, -0.1) is 0 Å². The molecule has 0 fully saturated rings. The van der Waals surface area contributed by atoms with Crippen molar-refractivity contribution in [1.29, 1.82) is 0 Å². The molecule has 14 heavy (non-hydrogen) atoms. The first-order chi connectivity index (χ1) is 6.86. The van der Waals surface area contributed by atoms with Gasteiger partial charge in [0.05, 0.1) is 12.9 Å². The summed E-state index contributed by atoms with van der Waals surface area (Å²) in [7, 11) is 1.91. The Balaban J connectivity index is 2.28. The molecule has 1 aromatic rings. The summed E-state index contributed by atoms with van der Waals surface area (Å²) in [6, 6.07) is 2.01. The van der Waals surface area contributed by atoms with Gasteiger partial charge in [-0.3, -0.25) is 0 Å². The molecule has 1 heterocycles. The average molecular weight is 195 g/mol. The maximum Gasteiger partial charge on any atom is 0.129 e. The Morgan fingerprint density at radius 3 is 3.14 bits per heavy atom. The van der Waals surface area contributed by atoms with E-state index >= 15 is 0 Å². The third-order valence-corrected chi connectivity index (χ3v) is 1.78. The molecule has 78 valence electrons. The standard InChI is InChI=1S/C11H17NO2/c1-3-4-5-13-9-11-6-10(7-12-2)8-14-11/h3-4,6,8,12H,5,7,9H2,1-2H3. The maximum absolute atomic E-state index is 5.35. The highest BCUT2D eigenvalue weighted by molar-refractivity contribution is 5.11. The van der Waals surface area contributed by atoms with Crippen molar-refractivity contribution in [3.05, 3.63) is 35.8 Å². The Bertz CT molecular complexity index is 279. The van der Waals surface area contributed by atoms with Gasteiger partial charge in [0.2, 0.25) is 0 Å². The highest BCUT2D eigenvalue weighted by Gasteiger charge is 2.00. The monoisotopic (exact) mass is 195 g/mol. The molecule has 0 amide bonds. The fraction of sp³-hybridized carbons (Fsp3) is 0.455. The first-order valence-corrected chi connectivity index (χ1v) is 4.76. The third-order valence-electron chi connectivity index (χ3n) is 1.78. The van der Waals surface area contributed by atoms with E-state index in [2.05, 4.69) is 5.32 Å². The second kappa shape index (κ2) is 6.40. The van der Waals surface area contributed by atoms with Crippen LogP contribution >= 0.6 is 0 Å². The van der Waals surface area contributed by atoms with Gasteiger partial charge in [-0.25, -0.2) is 0 Å². The van der Waals surface area contributed by atoms with E-state index in [0.29, 0.717) is 13.2 Å². The smallest absolute Gasteiger partial charge is 0.129 e. The van der Waals surface area contributed by atoms with Crippen molar-refractivity contribution in [3.63, 3.8) is 0 Å². The lowest BCUT2D eigenvalue weighted by molar-refractivity contribution is 0.131. The molecule has 0 spiro atoms. The van der Waals surface area contributed by atoms with Crippen LogP contribution < -0.4 is 5.32 Å². The molecule has 1 N–H and O–H groups in total. The summed E-state index contributed by atoms with van der Waals surface area (Å²) in [6.07, 6.45) is 5.69. The Hall–Kier alpha value is -1.06. The van der Waals surface area contributed by atoms with E-state index in [1.807, 2.05) is 32.2 Å². The number of furan rings is 1. The highest BCUT2D eigenvalue weighted by Crippen LogP contribution is 2.08. The summed E-state index contributed by atoms with van der Waals surface area (Å²) in [5.74, 6) is 0.875. The van der Waals surface area contributed by atoms with Crippen LogP contribution in [0.25, 0.3) is 0 Å². The molecule has 0 saturated heterocycles. The zero-order valence-electron chi connectivity index (χ0n) is 8.75. The van der Waals surface area contributed by atoms with E-state index < -0.39 is 0 Å². The van der Waals surface area contributed by atoms with Crippen molar-refractivity contribution in [3.8, 4) is 0 Å². The maximum atomic E-state index is 5.35. The second-order valence-corrected chi connectivity index (χ2v) is 3.04. The molecule has 3 nitrogen and oxygen atoms in total. The fourth-order valence-corrected chi connectivity index (χ4v) is 1.12. The summed E-state index contributed by atoms with van der Waals surface area (Å²) in [5, 5.41) is 3.06. The Labute approximate surface area is 84.8 Å². The lowest BCUT2D eigenvalue weighted by atomic mass is 10.3. The molecule has 0 aromatic carbocycles. The lowest BCUT2D eigenvalue weighted by Gasteiger charge is -1.96. The van der Waals surface area contributed by atoms with Gasteiger partial charge in [-0.2, -0.15) is 0 Å². The summed E-state index contributed by atoms with van der Waals surface area (Å²) < 4.78 is 10.7. The second-order valence-electron chi connectivity index (χ2n) is 3.04. The Kier molecular flexibility index (Phi) is 5.04. The first-order valence-electron chi connectivity index (χ1n) is 4.76. The van der Waals surface area contributed by atoms with Crippen LogP contribution in [-0.2, 0) is 17.9 Å². The molecule has 0 atom stereocenters. The number of hydrogen-bond acceptors (Lipinski definition) is 3. The van der Waals surface area contributed by atoms with Gasteiger partial charge in [0.25, 0.3) is 0 Å². The van der Waals surface area contributed by atoms with Crippen molar-refractivity contribution < 1.29 is 9.15 Å². The summed E-state index contributed by atoms with van der Waals surface area (Å²) in [6.45, 7) is 3.98. The predicted octanol–water partition coefficient (Wildman–Crippen LogP) is 2.09. The molecule has 1 rings (SSSR count). The molecule has 1 aromatic heterocycles. The third kappa shape index (κ3) is 3.77. The van der Waals surface area contributed by atoms with E-state index in [9.17, 15) is 0 Å². The quantitative estimate of drug-likeness (QED) is 0.557. The van der Waals surface area contributed by atoms with Crippen molar-refractivity contribution >= 4 is 0 Å². The van der Waals surface area contributed by atoms with Gasteiger partial charge in [0.1, 0.15) is 12.4 Å². The number of rotatable bonds is 6. The zero-order chi connectivity index (χ0) is 10.2. The highest BCUT2D eigenvalue weighted by atomic mass is 16.5. The minimum atomic E-state index is 0.536. The Morgan fingerprint density at radius 2 is 2.43 bits per heavy atom. The van der Waals surface area contributed by atoms with E-state index in [4.69, 9.17) is 9.15 Å². The molecule has 0 aliphatic rings. The molecule has 0 radical (unpaired) electrons. The minimum Gasteiger partial charge on any atom is -0.467 e. The number of hydrogen-bond donors (Lipinski definition) is 1. The predicted molar refractivity (Wildman–Crippen MR) is 55.9 cm³/mol. The van der Waals surface area contributed by atoms with Crippen LogP contribution in [0.4, 0.5) is 0 Å². The molecular formula is C11H17NO2. The van der Waals surface area contributed by atoms with Crippen LogP contribution in [0.2, 0.25) is 0 Å². The van der Waals surface area contributed by atoms with Gasteiger partial charge in [-0.05, 0) is 20.0 Å². The summed E-state index contributed by atoms with van der Waals surface area (Å²) in [4.78, 5) is 0. The van der Waals surface area contributed by atoms with Crippen LogP contribution in [0.5, 0.6) is 0 Å². The zero-order valence-corrected chi connectivity index (χ0v) is 8.75. The minimum absolute atomic E-state index is 0.536. The molecule has 0 aliphatic carbocycles. The molecule has 3 heteroatoms. The van der Waals surface area contributed by atoms with Gasteiger partial charge in [-0.1, -0.05) is 12.2 Å². The van der Waals surface area contributed by atoms with Crippen LogP contribution in [0.1, 0.15) is 18.2 Å². The van der Waals surface area contributed by atoms with Crippen molar-refractivity contribution in [2.75, 3.05) is 13.7 Å². The largest absolute Gasteiger partial charge is 0.467 e. The Morgan fingerprint density at radius 1 is 1.57 bits per heavy atom. The normalized spacial score (nSPS) is 11.3. The van der Waals surface area contributed by atoms with Crippen LogP contribution in [-0.4, -0.2) is 13.7 Å². The molecule has 0 aliphatic heterocycles. The van der Waals surface area contributed by atoms with Crippen molar-refractivity contribution in [2.24, 2.45) is 0 Å². The number of allylic oxidation sites excluding steroid dienone is 1. The van der Waals surface area contributed by atoms with E-state index in [1.54, 1.807) is 6.26 Å². The number of ether oxygens (including phenoxy) is 1. The van der Waals surface area contributed by atoms with Gasteiger partial charge in [0, 0.05) is 12.1 Å². The number of nitrogens with one attached hydrogen (secondary N) is 1. The van der Waals surface area contributed by atoms with Crippen molar-refractivity contribution in [1.82, 2.24) is 5.32 Å². The lowest BCUT2D eigenvalue weighted by Crippen LogP contribution is -2.03. The summed E-state index contributed by atoms with van der Waals surface area (Å²) >= 11 is 0. The van der Waals surface area contributed by atoms with Crippen LogP contribution in [0.15, 0.2) is 28.9 Å². The van der Waals surface area contributed by atoms with E-state index in [0.717, 1.165) is 17.9 Å². The van der Waals surface area contributed by atoms with E-state index in [-0.39, 0.29) is 0 Å². The van der Waals surface area contributed by atoms with Crippen LogP contribution in [0, 0.1) is 0 Å². The molecule has 0 saturated carbocycles. The van der Waals surface area contributed by atoms with Gasteiger partial charge >= 0.3 is 0 Å². The summed E-state index contributed by atoms with van der Waals surface area (Å²) in [5.41, 5.74) is 1.15. The fourth-order valence-electron chi connectivity index (χ4n) is 1.12. The van der Waals surface area contributed by atoms with Gasteiger partial charge < -0.3 is 14.5 Å². The average Bonchev–Trinajstić information content (AvgIpc) is 2.61. The molecular weight excluding hydrogens is 178 g/mol. The molecule has 0 bridgehead atoms. The first kappa shape index (κ1) is 11.0. The van der Waals surface area contributed by atoms with Crippen LogP contribution in [0.3, 0.4) is 0 Å². The topological polar surface area (TPSA) is 34.4 Å². The van der Waals surface area contributed by atoms with Gasteiger partial charge in [0.15, 0.2) is 0 Å². The molecule has 0 unspecified atom stereocenters. The SMILES string of the molecule is CC=CCOCc1cc(CNC)co1. The van der Waals surface area contributed by atoms with Crippen molar-refractivity contribution in [2.45, 2.75) is 20.1 Å². The van der Waals surface area contributed by atoms with E-state index in [1.165, 1.54) is 0 Å².